The van der Waals surface area contributed by atoms with E-state index < -0.39 is 0 Å². The molecule has 1 heterocycles. The molecule has 0 fully saturated rings. The van der Waals surface area contributed by atoms with Crippen molar-refractivity contribution in [3.8, 4) is 0 Å². The highest BCUT2D eigenvalue weighted by atomic mass is 16.4. The van der Waals surface area contributed by atoms with Crippen LogP contribution in [0.1, 0.15) is 44.4 Å². The molecule has 82 valence electrons. The minimum absolute atomic E-state index is 0.199. The molecule has 1 aromatic rings. The summed E-state index contributed by atoms with van der Waals surface area (Å²) in [5, 5.41) is 7.96. The van der Waals surface area contributed by atoms with Crippen LogP contribution in [0.25, 0.3) is 0 Å². The lowest BCUT2D eigenvalue weighted by atomic mass is 9.81. The van der Waals surface area contributed by atoms with Gasteiger partial charge in [-0.1, -0.05) is 11.1 Å². The number of rotatable bonds is 1. The predicted molar refractivity (Wildman–Crippen MR) is 57.4 cm³/mol. The number of aromatic nitrogens is 2. The van der Waals surface area contributed by atoms with E-state index in [1.54, 1.807) is 0 Å². The third-order valence-corrected chi connectivity index (χ3v) is 3.31. The van der Waals surface area contributed by atoms with Crippen molar-refractivity contribution in [1.82, 2.24) is 10.2 Å². The van der Waals surface area contributed by atoms with E-state index in [9.17, 15) is 0 Å². The Bertz CT molecular complexity index is 394. The van der Waals surface area contributed by atoms with Gasteiger partial charge < -0.3 is 10.2 Å². The van der Waals surface area contributed by atoms with Crippen molar-refractivity contribution in [2.75, 3.05) is 0 Å². The highest BCUT2D eigenvalue weighted by Gasteiger charge is 2.27. The minimum Gasteiger partial charge on any atom is -0.425 e. The lowest BCUT2D eigenvalue weighted by Gasteiger charge is -2.27. The van der Waals surface area contributed by atoms with Crippen molar-refractivity contribution in [1.29, 1.82) is 0 Å². The topological polar surface area (TPSA) is 64.9 Å². The summed E-state index contributed by atoms with van der Waals surface area (Å²) in [7, 11) is 0. The Morgan fingerprint density at radius 1 is 1.13 bits per heavy atom. The molecule has 0 aromatic carbocycles. The third-order valence-electron chi connectivity index (χ3n) is 3.31. The van der Waals surface area contributed by atoms with E-state index >= 15 is 0 Å². The maximum absolute atomic E-state index is 5.99. The van der Waals surface area contributed by atoms with Crippen LogP contribution >= 0.6 is 0 Å². The van der Waals surface area contributed by atoms with Gasteiger partial charge in [-0.15, -0.1) is 10.2 Å². The standard InChI is InChI=1S/C11H17N3O/c1-6-7(2)10(12)5-4-9(6)11-14-13-8(3)15-11/h9-10H,4-5,12H2,1-3H3. The molecule has 2 N–H and O–H groups in total. The Hall–Kier alpha value is -1.16. The molecule has 4 nitrogen and oxygen atoms in total. The average Bonchev–Trinajstić information content (AvgIpc) is 2.61. The normalized spacial score (nSPS) is 27.2. The van der Waals surface area contributed by atoms with Gasteiger partial charge in [-0.25, -0.2) is 0 Å². The maximum Gasteiger partial charge on any atom is 0.223 e. The summed E-state index contributed by atoms with van der Waals surface area (Å²) in [6, 6.07) is 0.199. The highest BCUT2D eigenvalue weighted by molar-refractivity contribution is 5.27. The Morgan fingerprint density at radius 3 is 2.47 bits per heavy atom. The fourth-order valence-electron chi connectivity index (χ4n) is 2.11. The van der Waals surface area contributed by atoms with Crippen LogP contribution in [0, 0.1) is 6.92 Å². The number of nitrogens with zero attached hydrogens (tertiary/aromatic N) is 2. The van der Waals surface area contributed by atoms with E-state index in [0.717, 1.165) is 18.7 Å². The molecule has 15 heavy (non-hydrogen) atoms. The summed E-state index contributed by atoms with van der Waals surface area (Å²) >= 11 is 0. The first-order valence-electron chi connectivity index (χ1n) is 5.32. The number of allylic oxidation sites excluding steroid dienone is 1. The Labute approximate surface area is 89.6 Å². The van der Waals surface area contributed by atoms with Crippen LogP contribution in [-0.4, -0.2) is 16.2 Å². The zero-order valence-electron chi connectivity index (χ0n) is 9.45. The summed E-state index contributed by atoms with van der Waals surface area (Å²) in [6.07, 6.45) is 2.00. The zero-order chi connectivity index (χ0) is 11.0. The van der Waals surface area contributed by atoms with E-state index in [0.29, 0.717) is 5.89 Å². The summed E-state index contributed by atoms with van der Waals surface area (Å²) in [5.74, 6) is 1.63. The Kier molecular flexibility index (Phi) is 2.61. The monoisotopic (exact) mass is 207 g/mol. The second-order valence-corrected chi connectivity index (χ2v) is 4.26. The van der Waals surface area contributed by atoms with Gasteiger partial charge in [0.1, 0.15) is 0 Å². The Morgan fingerprint density at radius 2 is 1.87 bits per heavy atom. The van der Waals surface area contributed by atoms with Crippen LogP contribution in [0.3, 0.4) is 0 Å². The SMILES string of the molecule is CC1=C(C)C(c2nnc(C)o2)CCC1N. The van der Waals surface area contributed by atoms with Gasteiger partial charge in [-0.05, 0) is 26.7 Å². The van der Waals surface area contributed by atoms with E-state index in [1.165, 1.54) is 11.1 Å². The van der Waals surface area contributed by atoms with Crippen molar-refractivity contribution >= 4 is 0 Å². The number of hydrogen-bond donors (Lipinski definition) is 1. The van der Waals surface area contributed by atoms with Crippen molar-refractivity contribution in [2.24, 2.45) is 5.73 Å². The van der Waals surface area contributed by atoms with Crippen molar-refractivity contribution in [2.45, 2.75) is 45.6 Å². The molecule has 1 aromatic heterocycles. The Balaban J connectivity index is 2.32. The van der Waals surface area contributed by atoms with Gasteiger partial charge in [0.25, 0.3) is 0 Å². The summed E-state index contributed by atoms with van der Waals surface area (Å²) < 4.78 is 5.48. The number of aryl methyl sites for hydroxylation is 1. The van der Waals surface area contributed by atoms with Crippen LogP contribution in [0.2, 0.25) is 0 Å². The molecule has 2 rings (SSSR count). The fourth-order valence-corrected chi connectivity index (χ4v) is 2.11. The van der Waals surface area contributed by atoms with Crippen LogP contribution in [0.5, 0.6) is 0 Å². The molecule has 4 heteroatoms. The molecule has 2 atom stereocenters. The smallest absolute Gasteiger partial charge is 0.223 e. The first-order valence-corrected chi connectivity index (χ1v) is 5.32. The van der Waals surface area contributed by atoms with Gasteiger partial charge in [0.15, 0.2) is 0 Å². The van der Waals surface area contributed by atoms with Crippen LogP contribution in [-0.2, 0) is 0 Å². The van der Waals surface area contributed by atoms with E-state index in [4.69, 9.17) is 10.2 Å². The largest absolute Gasteiger partial charge is 0.425 e. The number of hydrogen-bond acceptors (Lipinski definition) is 4. The summed E-state index contributed by atoms with van der Waals surface area (Å²) in [6.45, 7) is 6.02. The molecular formula is C11H17N3O. The van der Waals surface area contributed by atoms with Gasteiger partial charge in [0.05, 0.1) is 5.92 Å². The molecule has 0 amide bonds. The lowest BCUT2D eigenvalue weighted by Crippen LogP contribution is -2.28. The summed E-state index contributed by atoms with van der Waals surface area (Å²) in [5.41, 5.74) is 8.54. The minimum atomic E-state index is 0.199. The van der Waals surface area contributed by atoms with Crippen molar-refractivity contribution in [3.63, 3.8) is 0 Å². The highest BCUT2D eigenvalue weighted by Crippen LogP contribution is 2.35. The molecule has 1 aliphatic carbocycles. The van der Waals surface area contributed by atoms with Gasteiger partial charge in [0, 0.05) is 13.0 Å². The number of nitrogens with two attached hydrogens (primary N) is 1. The van der Waals surface area contributed by atoms with Gasteiger partial charge in [-0.2, -0.15) is 0 Å². The molecule has 0 radical (unpaired) electrons. The van der Waals surface area contributed by atoms with Crippen LogP contribution in [0.4, 0.5) is 0 Å². The maximum atomic E-state index is 5.99. The third kappa shape index (κ3) is 1.81. The van der Waals surface area contributed by atoms with E-state index in [2.05, 4.69) is 24.0 Å². The molecular weight excluding hydrogens is 190 g/mol. The van der Waals surface area contributed by atoms with Gasteiger partial charge in [0.2, 0.25) is 11.8 Å². The van der Waals surface area contributed by atoms with Crippen LogP contribution < -0.4 is 5.73 Å². The van der Waals surface area contributed by atoms with Gasteiger partial charge in [-0.3, -0.25) is 0 Å². The second-order valence-electron chi connectivity index (χ2n) is 4.26. The van der Waals surface area contributed by atoms with Crippen molar-refractivity contribution in [3.05, 3.63) is 22.9 Å². The van der Waals surface area contributed by atoms with E-state index in [1.807, 2.05) is 6.92 Å². The van der Waals surface area contributed by atoms with E-state index in [-0.39, 0.29) is 12.0 Å². The van der Waals surface area contributed by atoms with Crippen LogP contribution in [0.15, 0.2) is 15.6 Å². The molecule has 0 saturated heterocycles. The molecule has 1 aliphatic rings. The predicted octanol–water partition coefficient (Wildman–Crippen LogP) is 1.92. The molecule has 0 spiro atoms. The second kappa shape index (κ2) is 3.77. The lowest BCUT2D eigenvalue weighted by molar-refractivity contribution is 0.413. The zero-order valence-corrected chi connectivity index (χ0v) is 9.45. The molecule has 0 bridgehead atoms. The first-order chi connectivity index (χ1) is 7.09. The fraction of sp³-hybridized carbons (Fsp3) is 0.636. The van der Waals surface area contributed by atoms with Gasteiger partial charge >= 0.3 is 0 Å². The summed E-state index contributed by atoms with van der Waals surface area (Å²) in [4.78, 5) is 0. The molecule has 0 saturated carbocycles. The average molecular weight is 207 g/mol. The van der Waals surface area contributed by atoms with Crippen molar-refractivity contribution < 1.29 is 4.42 Å². The first kappa shape index (κ1) is 10.4. The molecule has 2 unspecified atom stereocenters. The molecule has 0 aliphatic heterocycles. The quantitative estimate of drug-likeness (QED) is 0.714.